The molecule has 0 unspecified atom stereocenters. The minimum absolute atomic E-state index is 0.572. The normalized spacial score (nSPS) is 12.0. The zero-order valence-corrected chi connectivity index (χ0v) is 24.4. The van der Waals surface area contributed by atoms with Crippen molar-refractivity contribution in [1.82, 2.24) is 4.98 Å². The quantitative estimate of drug-likeness (QED) is 0.149. The monoisotopic (exact) mass is 513 g/mol. The molecule has 0 aliphatic carbocycles. The molecule has 0 saturated carbocycles. The lowest BCUT2D eigenvalue weighted by Gasteiger charge is -2.12. The summed E-state index contributed by atoms with van der Waals surface area (Å²) in [7, 11) is 0. The van der Waals surface area contributed by atoms with Gasteiger partial charge < -0.3 is 4.74 Å². The maximum atomic E-state index is 6.28. The number of para-hydroxylation sites is 1. The molecule has 1 aromatic heterocycles. The summed E-state index contributed by atoms with van der Waals surface area (Å²) in [6, 6.07) is 21.6. The maximum Gasteiger partial charge on any atom is 0.129 e. The number of rotatable bonds is 19. The molecule has 1 atom stereocenters. The summed E-state index contributed by atoms with van der Waals surface area (Å²) in [5, 5.41) is 0. The Bertz CT molecular complexity index is 1010. The average molecular weight is 514 g/mol. The molecule has 0 bridgehead atoms. The summed E-state index contributed by atoms with van der Waals surface area (Å²) in [6.45, 7) is 7.54. The molecule has 0 spiro atoms. The first kappa shape index (κ1) is 29.9. The number of unbranched alkanes of at least 4 members (excludes halogenated alkanes) is 7. The van der Waals surface area contributed by atoms with Crippen molar-refractivity contribution in [2.75, 3.05) is 0 Å². The lowest BCUT2D eigenvalue weighted by Crippen LogP contribution is -1.99. The van der Waals surface area contributed by atoms with Gasteiger partial charge in [-0.2, -0.15) is 0 Å². The lowest BCUT2D eigenvalue weighted by atomic mass is 9.96. The topological polar surface area (TPSA) is 22.1 Å². The van der Waals surface area contributed by atoms with Crippen LogP contribution in [0.25, 0.3) is 11.3 Å². The number of hydrogen-bond donors (Lipinski definition) is 0. The van der Waals surface area contributed by atoms with Gasteiger partial charge in [0.05, 0.1) is 5.69 Å². The van der Waals surface area contributed by atoms with Gasteiger partial charge in [0.25, 0.3) is 0 Å². The van der Waals surface area contributed by atoms with Crippen LogP contribution >= 0.6 is 0 Å². The molecule has 206 valence electrons. The van der Waals surface area contributed by atoms with Crippen LogP contribution in [0.5, 0.6) is 5.75 Å². The Hall–Kier alpha value is -2.61. The summed E-state index contributed by atoms with van der Waals surface area (Å²) in [5.41, 5.74) is 6.00. The second kappa shape index (κ2) is 17.8. The van der Waals surface area contributed by atoms with E-state index in [9.17, 15) is 0 Å². The minimum atomic E-state index is 0.572. The highest BCUT2D eigenvalue weighted by Crippen LogP contribution is 2.29. The third-order valence-electron chi connectivity index (χ3n) is 7.69. The van der Waals surface area contributed by atoms with Gasteiger partial charge in [0.15, 0.2) is 0 Å². The molecular formula is C36H51NO. The van der Waals surface area contributed by atoms with Crippen LogP contribution < -0.4 is 4.74 Å². The highest BCUT2D eigenvalue weighted by molar-refractivity contribution is 5.67. The largest absolute Gasteiger partial charge is 0.488 e. The Labute approximate surface area is 233 Å². The van der Waals surface area contributed by atoms with Crippen molar-refractivity contribution in [2.45, 2.75) is 117 Å². The number of hydrogen-bond acceptors (Lipinski definition) is 2. The van der Waals surface area contributed by atoms with Crippen LogP contribution in [0.15, 0.2) is 66.9 Å². The van der Waals surface area contributed by atoms with Crippen molar-refractivity contribution < 1.29 is 4.74 Å². The fourth-order valence-electron chi connectivity index (χ4n) is 5.14. The smallest absolute Gasteiger partial charge is 0.129 e. The van der Waals surface area contributed by atoms with Crippen molar-refractivity contribution in [3.8, 4) is 17.0 Å². The Kier molecular flexibility index (Phi) is 14.0. The number of aromatic nitrogens is 1. The molecule has 0 radical (unpaired) electrons. The molecule has 2 nitrogen and oxygen atoms in total. The highest BCUT2D eigenvalue weighted by Gasteiger charge is 2.08. The summed E-state index contributed by atoms with van der Waals surface area (Å²) < 4.78 is 6.28. The summed E-state index contributed by atoms with van der Waals surface area (Å²) in [4.78, 5) is 4.78. The van der Waals surface area contributed by atoms with E-state index in [0.717, 1.165) is 29.3 Å². The molecule has 0 saturated heterocycles. The van der Waals surface area contributed by atoms with E-state index in [-0.39, 0.29) is 0 Å². The van der Waals surface area contributed by atoms with E-state index in [1.807, 2.05) is 12.3 Å². The number of aryl methyl sites for hydroxylation is 2. The fraction of sp³-hybridized carbons (Fsp3) is 0.528. The molecule has 2 heteroatoms. The van der Waals surface area contributed by atoms with Crippen molar-refractivity contribution in [3.05, 3.63) is 83.6 Å². The summed E-state index contributed by atoms with van der Waals surface area (Å²) >= 11 is 0. The van der Waals surface area contributed by atoms with Crippen LogP contribution in [0.3, 0.4) is 0 Å². The Morgan fingerprint density at radius 2 is 1.24 bits per heavy atom. The number of pyridine rings is 1. The SMILES string of the molecule is CCCCCCCc1ccc(-c2ccccc2OCc2ccc(CCCC[C@@H](C)CCCCC)cc2)nc1. The van der Waals surface area contributed by atoms with E-state index < -0.39 is 0 Å². The van der Waals surface area contributed by atoms with Crippen molar-refractivity contribution in [1.29, 1.82) is 0 Å². The van der Waals surface area contributed by atoms with Crippen LogP contribution in [0.4, 0.5) is 0 Å². The van der Waals surface area contributed by atoms with Gasteiger partial charge in [-0.15, -0.1) is 0 Å². The lowest BCUT2D eigenvalue weighted by molar-refractivity contribution is 0.307. The van der Waals surface area contributed by atoms with E-state index in [0.29, 0.717) is 6.61 Å². The van der Waals surface area contributed by atoms with E-state index in [1.54, 1.807) is 0 Å². The third kappa shape index (κ3) is 11.0. The predicted octanol–water partition coefficient (Wildman–Crippen LogP) is 10.8. The number of ether oxygens (including phenoxy) is 1. The molecule has 0 N–H and O–H groups in total. The highest BCUT2D eigenvalue weighted by atomic mass is 16.5. The van der Waals surface area contributed by atoms with Gasteiger partial charge in [-0.25, -0.2) is 0 Å². The van der Waals surface area contributed by atoms with Crippen LogP contribution in [0.2, 0.25) is 0 Å². The van der Waals surface area contributed by atoms with Crippen LogP contribution in [-0.2, 0) is 19.4 Å². The molecule has 0 aliphatic heterocycles. The summed E-state index contributed by atoms with van der Waals surface area (Å²) in [6.07, 6.45) is 20.4. The van der Waals surface area contributed by atoms with E-state index in [1.165, 1.54) is 100 Å². The molecule has 0 fully saturated rings. The third-order valence-corrected chi connectivity index (χ3v) is 7.69. The van der Waals surface area contributed by atoms with Gasteiger partial charge >= 0.3 is 0 Å². The van der Waals surface area contributed by atoms with E-state index in [4.69, 9.17) is 9.72 Å². The van der Waals surface area contributed by atoms with Crippen molar-refractivity contribution in [3.63, 3.8) is 0 Å². The first-order valence-electron chi connectivity index (χ1n) is 15.4. The fourth-order valence-corrected chi connectivity index (χ4v) is 5.14. The van der Waals surface area contributed by atoms with Crippen LogP contribution in [-0.4, -0.2) is 4.98 Å². The minimum Gasteiger partial charge on any atom is -0.488 e. The Morgan fingerprint density at radius 3 is 1.97 bits per heavy atom. The first-order chi connectivity index (χ1) is 18.7. The predicted molar refractivity (Wildman–Crippen MR) is 164 cm³/mol. The van der Waals surface area contributed by atoms with Gasteiger partial charge in [-0.1, -0.05) is 127 Å². The van der Waals surface area contributed by atoms with E-state index >= 15 is 0 Å². The number of nitrogens with zero attached hydrogens (tertiary/aromatic N) is 1. The van der Waals surface area contributed by atoms with Gasteiger partial charge in [0, 0.05) is 11.8 Å². The molecule has 3 rings (SSSR count). The van der Waals surface area contributed by atoms with Gasteiger partial charge in [0.1, 0.15) is 12.4 Å². The van der Waals surface area contributed by atoms with Gasteiger partial charge in [-0.3, -0.25) is 4.98 Å². The van der Waals surface area contributed by atoms with Gasteiger partial charge in [0.2, 0.25) is 0 Å². The second-order valence-corrected chi connectivity index (χ2v) is 11.2. The van der Waals surface area contributed by atoms with Crippen LogP contribution in [0, 0.1) is 5.92 Å². The Morgan fingerprint density at radius 1 is 0.632 bits per heavy atom. The van der Waals surface area contributed by atoms with Crippen molar-refractivity contribution in [2.24, 2.45) is 5.92 Å². The molecule has 38 heavy (non-hydrogen) atoms. The summed E-state index contributed by atoms with van der Waals surface area (Å²) in [5.74, 6) is 1.77. The second-order valence-electron chi connectivity index (χ2n) is 11.2. The number of benzene rings is 2. The molecule has 0 aliphatic rings. The molecule has 3 aromatic rings. The maximum absolute atomic E-state index is 6.28. The van der Waals surface area contributed by atoms with E-state index in [2.05, 4.69) is 75.4 Å². The zero-order chi connectivity index (χ0) is 26.8. The first-order valence-corrected chi connectivity index (χ1v) is 15.4. The molecule has 0 amide bonds. The average Bonchev–Trinajstić information content (AvgIpc) is 2.95. The molecular weight excluding hydrogens is 462 g/mol. The zero-order valence-electron chi connectivity index (χ0n) is 24.4. The van der Waals surface area contributed by atoms with Crippen LogP contribution in [0.1, 0.15) is 115 Å². The van der Waals surface area contributed by atoms with Crippen molar-refractivity contribution >= 4 is 0 Å². The molecule has 2 aromatic carbocycles. The standard InChI is InChI=1S/C36H51NO/c1-4-6-8-9-11-19-32-26-27-35(37-28-32)34-20-14-15-21-36(34)38-29-33-24-22-31(23-25-33)18-13-12-17-30(3)16-10-7-5-2/h14-15,20-28,30H,4-13,16-19,29H2,1-3H3/t30-/m0/s1. The molecule has 1 heterocycles. The van der Waals surface area contributed by atoms with Gasteiger partial charge in [-0.05, 0) is 66.5 Å². The Balaban J connectivity index is 1.44.